The third-order valence-corrected chi connectivity index (χ3v) is 3.61. The molecule has 0 aromatic heterocycles. The molecule has 1 aliphatic heterocycles. The number of nitrogens with zero attached hydrogens (tertiary/aromatic N) is 1. The van der Waals surface area contributed by atoms with Gasteiger partial charge in [0.2, 0.25) is 11.8 Å². The molecule has 1 aliphatic rings. The summed E-state index contributed by atoms with van der Waals surface area (Å²) in [6, 6.07) is 3.67. The quantitative estimate of drug-likeness (QED) is 0.695. The largest absolute Gasteiger partial charge is 0.366 e. The molecule has 2 rings (SSSR count). The van der Waals surface area contributed by atoms with Crippen molar-refractivity contribution in [3.05, 3.63) is 35.1 Å². The van der Waals surface area contributed by atoms with Crippen LogP contribution in [0.5, 0.6) is 0 Å². The average molecular weight is 294 g/mol. The molecule has 1 heterocycles. The van der Waals surface area contributed by atoms with E-state index in [0.29, 0.717) is 18.7 Å². The van der Waals surface area contributed by atoms with Crippen molar-refractivity contribution in [2.45, 2.75) is 12.6 Å². The normalized spacial score (nSPS) is 19.2. The van der Waals surface area contributed by atoms with Crippen LogP contribution in [0.2, 0.25) is 0 Å². The number of hydrogen-bond donors (Lipinski definition) is 3. The topological polar surface area (TPSA) is 87.5 Å². The third-order valence-electron chi connectivity index (χ3n) is 3.61. The standard InChI is InChI=1S/C14H19FN4O2/c1-17-14(21)12-7-18-4-5-19(12)8-10-6-9(13(16)20)2-3-11(10)15/h2-3,6,12,18H,4-5,7-8H2,1H3,(H2,16,20)(H,17,21). The Kier molecular flexibility index (Phi) is 4.87. The molecule has 1 aromatic carbocycles. The van der Waals surface area contributed by atoms with Crippen LogP contribution >= 0.6 is 0 Å². The molecule has 0 saturated carbocycles. The molecule has 0 radical (unpaired) electrons. The lowest BCUT2D eigenvalue weighted by Gasteiger charge is -2.35. The summed E-state index contributed by atoms with van der Waals surface area (Å²) in [5.74, 6) is -1.12. The van der Waals surface area contributed by atoms with Crippen molar-refractivity contribution < 1.29 is 14.0 Å². The van der Waals surface area contributed by atoms with Crippen molar-refractivity contribution in [3.8, 4) is 0 Å². The first kappa shape index (κ1) is 15.4. The number of amides is 2. The number of hydrogen-bond acceptors (Lipinski definition) is 4. The van der Waals surface area contributed by atoms with Gasteiger partial charge in [0.05, 0.1) is 0 Å². The highest BCUT2D eigenvalue weighted by Gasteiger charge is 2.28. The minimum absolute atomic E-state index is 0.117. The summed E-state index contributed by atoms with van der Waals surface area (Å²) in [7, 11) is 1.57. The van der Waals surface area contributed by atoms with Crippen LogP contribution in [0.4, 0.5) is 4.39 Å². The van der Waals surface area contributed by atoms with E-state index in [1.807, 2.05) is 4.90 Å². The molecule has 4 N–H and O–H groups in total. The summed E-state index contributed by atoms with van der Waals surface area (Å²) < 4.78 is 13.9. The van der Waals surface area contributed by atoms with Gasteiger partial charge in [-0.05, 0) is 18.2 Å². The third kappa shape index (κ3) is 3.56. The van der Waals surface area contributed by atoms with E-state index in [1.165, 1.54) is 18.2 Å². The second-order valence-electron chi connectivity index (χ2n) is 4.98. The van der Waals surface area contributed by atoms with Gasteiger partial charge in [-0.25, -0.2) is 4.39 Å². The van der Waals surface area contributed by atoms with E-state index >= 15 is 0 Å². The van der Waals surface area contributed by atoms with Gasteiger partial charge in [-0.15, -0.1) is 0 Å². The Balaban J connectivity index is 2.20. The summed E-state index contributed by atoms with van der Waals surface area (Å²) in [5, 5.41) is 5.75. The Morgan fingerprint density at radius 1 is 1.52 bits per heavy atom. The number of piperazine rings is 1. The number of primary amides is 1. The van der Waals surface area contributed by atoms with E-state index in [2.05, 4.69) is 10.6 Å². The first-order valence-electron chi connectivity index (χ1n) is 6.77. The minimum Gasteiger partial charge on any atom is -0.366 e. The van der Waals surface area contributed by atoms with Crippen LogP contribution in [0.15, 0.2) is 18.2 Å². The van der Waals surface area contributed by atoms with Crippen molar-refractivity contribution >= 4 is 11.8 Å². The van der Waals surface area contributed by atoms with Crippen LogP contribution in [0.25, 0.3) is 0 Å². The fourth-order valence-electron chi connectivity index (χ4n) is 2.43. The zero-order valence-electron chi connectivity index (χ0n) is 11.9. The monoisotopic (exact) mass is 294 g/mol. The molecular formula is C14H19FN4O2. The van der Waals surface area contributed by atoms with Crippen LogP contribution in [-0.2, 0) is 11.3 Å². The van der Waals surface area contributed by atoms with E-state index in [9.17, 15) is 14.0 Å². The highest BCUT2D eigenvalue weighted by atomic mass is 19.1. The van der Waals surface area contributed by atoms with Gasteiger partial charge in [-0.1, -0.05) is 0 Å². The van der Waals surface area contributed by atoms with Crippen molar-refractivity contribution in [1.82, 2.24) is 15.5 Å². The van der Waals surface area contributed by atoms with Crippen LogP contribution in [0.1, 0.15) is 15.9 Å². The van der Waals surface area contributed by atoms with Gasteiger partial charge < -0.3 is 16.4 Å². The maximum absolute atomic E-state index is 13.9. The Labute approximate surface area is 122 Å². The smallest absolute Gasteiger partial charge is 0.248 e. The lowest BCUT2D eigenvalue weighted by Crippen LogP contribution is -2.57. The SMILES string of the molecule is CNC(=O)C1CNCCN1Cc1cc(C(N)=O)ccc1F. The fraction of sp³-hybridized carbons (Fsp3) is 0.429. The molecule has 1 saturated heterocycles. The van der Waals surface area contributed by atoms with Crippen LogP contribution in [0, 0.1) is 5.82 Å². The summed E-state index contributed by atoms with van der Waals surface area (Å²) >= 11 is 0. The molecule has 7 heteroatoms. The Bertz CT molecular complexity index is 550. The maximum atomic E-state index is 13.9. The van der Waals surface area contributed by atoms with Gasteiger partial charge in [0, 0.05) is 44.4 Å². The first-order valence-corrected chi connectivity index (χ1v) is 6.77. The van der Waals surface area contributed by atoms with Gasteiger partial charge >= 0.3 is 0 Å². The first-order chi connectivity index (χ1) is 10.0. The molecular weight excluding hydrogens is 275 g/mol. The molecule has 114 valence electrons. The zero-order chi connectivity index (χ0) is 15.4. The molecule has 21 heavy (non-hydrogen) atoms. The molecule has 0 bridgehead atoms. The van der Waals surface area contributed by atoms with Gasteiger partial charge in [0.25, 0.3) is 0 Å². The number of nitrogens with two attached hydrogens (primary N) is 1. The van der Waals surface area contributed by atoms with E-state index in [-0.39, 0.29) is 24.1 Å². The molecule has 2 amide bonds. The maximum Gasteiger partial charge on any atom is 0.248 e. The van der Waals surface area contributed by atoms with Crippen molar-refractivity contribution in [2.75, 3.05) is 26.7 Å². The Hall–Kier alpha value is -1.99. The Morgan fingerprint density at radius 2 is 2.29 bits per heavy atom. The summed E-state index contributed by atoms with van der Waals surface area (Å²) in [4.78, 5) is 24.9. The lowest BCUT2D eigenvalue weighted by molar-refractivity contribution is -0.126. The van der Waals surface area contributed by atoms with Crippen molar-refractivity contribution in [2.24, 2.45) is 5.73 Å². The zero-order valence-corrected chi connectivity index (χ0v) is 11.9. The molecule has 0 spiro atoms. The minimum atomic E-state index is -0.598. The summed E-state index contributed by atoms with van der Waals surface area (Å²) in [5.41, 5.74) is 5.84. The van der Waals surface area contributed by atoms with E-state index in [1.54, 1.807) is 7.05 Å². The van der Waals surface area contributed by atoms with Crippen LogP contribution in [-0.4, -0.2) is 49.4 Å². The fourth-order valence-corrected chi connectivity index (χ4v) is 2.43. The number of likely N-dealkylation sites (N-methyl/N-ethyl adjacent to an activating group) is 1. The molecule has 1 fully saturated rings. The molecule has 1 unspecified atom stereocenters. The summed E-state index contributed by atoms with van der Waals surface area (Å²) in [6.45, 7) is 2.12. The second-order valence-corrected chi connectivity index (χ2v) is 4.98. The molecule has 1 aromatic rings. The van der Waals surface area contributed by atoms with Gasteiger partial charge in [0.1, 0.15) is 11.9 Å². The number of carbonyl (C=O) groups is 2. The molecule has 0 aliphatic carbocycles. The molecule has 6 nitrogen and oxygen atoms in total. The number of carbonyl (C=O) groups excluding carboxylic acids is 2. The van der Waals surface area contributed by atoms with Crippen molar-refractivity contribution in [1.29, 1.82) is 0 Å². The van der Waals surface area contributed by atoms with E-state index < -0.39 is 11.7 Å². The summed E-state index contributed by atoms with van der Waals surface area (Å²) in [6.07, 6.45) is 0. The Morgan fingerprint density at radius 3 is 2.95 bits per heavy atom. The van der Waals surface area contributed by atoms with Crippen LogP contribution < -0.4 is 16.4 Å². The predicted octanol–water partition coefficient (Wildman–Crippen LogP) is -0.556. The predicted molar refractivity (Wildman–Crippen MR) is 76.1 cm³/mol. The highest BCUT2D eigenvalue weighted by molar-refractivity contribution is 5.92. The van der Waals surface area contributed by atoms with E-state index in [0.717, 1.165) is 6.54 Å². The van der Waals surface area contributed by atoms with E-state index in [4.69, 9.17) is 5.73 Å². The number of rotatable bonds is 4. The van der Waals surface area contributed by atoms with Crippen molar-refractivity contribution in [3.63, 3.8) is 0 Å². The number of nitrogens with one attached hydrogen (secondary N) is 2. The molecule has 1 atom stereocenters. The second kappa shape index (κ2) is 6.64. The van der Waals surface area contributed by atoms with Gasteiger partial charge in [-0.3, -0.25) is 14.5 Å². The van der Waals surface area contributed by atoms with Gasteiger partial charge in [0.15, 0.2) is 0 Å². The van der Waals surface area contributed by atoms with Crippen LogP contribution in [0.3, 0.4) is 0 Å². The lowest BCUT2D eigenvalue weighted by atomic mass is 10.1. The van der Waals surface area contributed by atoms with Gasteiger partial charge in [-0.2, -0.15) is 0 Å². The number of halogens is 1. The number of benzene rings is 1. The average Bonchev–Trinajstić information content (AvgIpc) is 2.49. The highest BCUT2D eigenvalue weighted by Crippen LogP contribution is 2.16.